The monoisotopic (exact) mass is 1700 g/mol. The third-order valence-corrected chi connectivity index (χ3v) is 24.0. The van der Waals surface area contributed by atoms with E-state index in [0.717, 1.165) is 98.8 Å². The van der Waals surface area contributed by atoms with Gasteiger partial charge in [-0.1, -0.05) is 244 Å². The van der Waals surface area contributed by atoms with E-state index < -0.39 is 0 Å². The molecular weight excluding hydrogens is 1560 g/mol. The van der Waals surface area contributed by atoms with Crippen molar-refractivity contribution in [1.29, 1.82) is 0 Å². The fourth-order valence-electron chi connectivity index (χ4n) is 18.4. The molecule has 21 nitrogen and oxygen atoms in total. The number of rotatable bonds is 12. The lowest BCUT2D eigenvalue weighted by molar-refractivity contribution is -0.729. The Morgan fingerprint density at radius 1 is 0.365 bits per heavy atom. The SMILES string of the molecule is C.CC(C)(C)[C@H]1CCc2nn(-c3ccccc3)c[n+]21.CC(C)C[C@H]1CCc2nn(-c3ccccc3)c[n+]21.CC(C)[C@H]1CCc2nn(-c3ccccc3)c[n+]21.Cc1cc(C)c(-n2c[n+]3c(n2)CCC3)c(C)c1.Cn1c[n+]2c(n1)CC[C@@H]2CC(C)(C)C.[CH3-].[CH3-].[CH3-].[CH3-].[CH3-].[CH3-].c1ccc(-n2c[n+]3c(n2)CCC3)cc1.c1ccc(C[C@H]2CCc3nn(-c4ccccc4)c[n+]32)cc1. The largest absolute Gasteiger partial charge is 0.358 e. The normalized spacial score (nSPS) is 16.5. The summed E-state index contributed by atoms with van der Waals surface area (Å²) in [5.41, 5.74) is 12.9. The van der Waals surface area contributed by atoms with E-state index in [1.165, 1.54) is 126 Å². The van der Waals surface area contributed by atoms with E-state index in [2.05, 4.69) is 297 Å². The van der Waals surface area contributed by atoms with Gasteiger partial charge in [0, 0.05) is 87.1 Å². The van der Waals surface area contributed by atoms with Crippen LogP contribution in [0.3, 0.4) is 0 Å². The van der Waals surface area contributed by atoms with Crippen molar-refractivity contribution in [3.05, 3.63) is 346 Å². The molecule has 0 aliphatic carbocycles. The van der Waals surface area contributed by atoms with Gasteiger partial charge in [0.2, 0.25) is 44.3 Å². The molecule has 0 unspecified atom stereocenters. The summed E-state index contributed by atoms with van der Waals surface area (Å²) < 4.78 is 30.2. The van der Waals surface area contributed by atoms with E-state index in [1.54, 1.807) is 0 Å². The van der Waals surface area contributed by atoms with Crippen molar-refractivity contribution in [2.24, 2.45) is 29.7 Å². The van der Waals surface area contributed by atoms with Gasteiger partial charge in [-0.2, -0.15) is 0 Å². The van der Waals surface area contributed by atoms with Gasteiger partial charge in [0.1, 0.15) is 34.1 Å². The van der Waals surface area contributed by atoms with Gasteiger partial charge in [-0.3, -0.25) is 0 Å². The van der Waals surface area contributed by atoms with Gasteiger partial charge in [-0.05, 0) is 179 Å². The van der Waals surface area contributed by atoms with Gasteiger partial charge in [0.15, 0.2) is 0 Å². The standard InChI is InChI=1S/C18H18N3.2C15H20N3.2C14H18N3.C11H12N3.C11H20N3.CH4.6CH3/c1-3-7-15(8-4-1)13-17-11-12-18-19-21(14-20(17)18)16-9-5-2-6-10-16;1-15(2,3)13-9-10-14-16-18(11-17(13)14)12-7-5-4-6-8-12;1-12(2)10-14-8-9-15-16-18(11-17(14)15)13-6-4-3-5-7-13;1-10-7-11(2)14(12(3)8-10)17-9-16-6-4-5-13(16)15-17;1-11(2)13-8-9-14-15-17(10-16(13)14)12-6-4-3-5-7-12;1-2-5-10(6-3-1)14-9-13-8-4-7-11(13)12-14;1-11(2,3)7-9-5-6-10-12-13(4)8-14(9)10;;;;;;;/h1-10,14,17H,11-13H2;4-8,11,13H,9-10H2,1-3H3;3-7,11-12,14H,8-10H2,1-2H3;7-9H,4-6H2,1-3H3;3-7,10-11,13H,8-9H2,1-2H3;1-3,5-6,9H,4,7-8H2;8-9H,5-7H2,1-4H3;1H4;6*1H3/q7*+1;;6*-1/t17-;13-;14-;;13-;;9-;;;;;;;/m111.1.1......./s1. The molecule has 0 N–H and O–H groups in total. The number of benzene rings is 7. The second-order valence-electron chi connectivity index (χ2n) is 36.6. The highest BCUT2D eigenvalue weighted by Crippen LogP contribution is 2.35. The molecule has 0 saturated carbocycles. The minimum Gasteiger partial charge on any atom is -0.358 e. The summed E-state index contributed by atoms with van der Waals surface area (Å²) in [5, 5.41) is 32.5. The molecule has 0 fully saturated rings. The molecule has 7 aliphatic rings. The van der Waals surface area contributed by atoms with Crippen molar-refractivity contribution >= 4 is 0 Å². The van der Waals surface area contributed by atoms with Gasteiger partial charge in [0.25, 0.3) is 40.8 Å². The number of aryl methyl sites for hydroxylation is 13. The van der Waals surface area contributed by atoms with Crippen LogP contribution in [0.15, 0.2) is 238 Å². The molecule has 21 heteroatoms. The summed E-state index contributed by atoms with van der Waals surface area (Å²) in [6, 6.07) is 69.7. The predicted octanol–water partition coefficient (Wildman–Crippen LogP) is 18.7. The minimum atomic E-state index is 0. The maximum Gasteiger partial charge on any atom is 0.278 e. The van der Waals surface area contributed by atoms with E-state index in [-0.39, 0.29) is 52.0 Å². The second-order valence-corrected chi connectivity index (χ2v) is 36.6. The van der Waals surface area contributed by atoms with E-state index >= 15 is 0 Å². The van der Waals surface area contributed by atoms with Crippen LogP contribution in [-0.2, 0) is 71.5 Å². The van der Waals surface area contributed by atoms with E-state index in [4.69, 9.17) is 20.4 Å². The van der Waals surface area contributed by atoms with Gasteiger partial charge in [0.05, 0.1) is 50.3 Å². The molecule has 14 heterocycles. The molecule has 0 bridgehead atoms. The molecule has 672 valence electrons. The van der Waals surface area contributed by atoms with Crippen molar-refractivity contribution in [2.45, 2.75) is 250 Å². The Balaban J connectivity index is 0.000000181. The van der Waals surface area contributed by atoms with Gasteiger partial charge in [-0.15, -0.1) is 4.68 Å². The number of hydrogen-bond donors (Lipinski definition) is 0. The molecular formula is C105H148N21+. The first-order valence-electron chi connectivity index (χ1n) is 43.8. The molecule has 126 heavy (non-hydrogen) atoms. The van der Waals surface area contributed by atoms with Gasteiger partial charge in [-0.25, -0.2) is 32.0 Å². The molecule has 14 aromatic rings. The lowest BCUT2D eigenvalue weighted by atomic mass is 9.85. The Morgan fingerprint density at radius 3 is 1.13 bits per heavy atom. The summed E-state index contributed by atoms with van der Waals surface area (Å²) in [5.74, 6) is 9.93. The molecule has 0 saturated heterocycles. The summed E-state index contributed by atoms with van der Waals surface area (Å²) in [6.45, 7) is 31.7. The van der Waals surface area contributed by atoms with Crippen LogP contribution in [0.1, 0.15) is 228 Å². The molecule has 7 aliphatic heterocycles. The summed E-state index contributed by atoms with van der Waals surface area (Å²) in [7, 11) is 2.00. The fraction of sp³-hybridized carbons (Fsp3) is 0.410. The van der Waals surface area contributed by atoms with Crippen LogP contribution >= 0.6 is 0 Å². The van der Waals surface area contributed by atoms with Crippen molar-refractivity contribution in [2.75, 3.05) is 0 Å². The highest BCUT2D eigenvalue weighted by atomic mass is 15.4. The van der Waals surface area contributed by atoms with Crippen molar-refractivity contribution in [1.82, 2.24) is 68.5 Å². The van der Waals surface area contributed by atoms with Gasteiger partial charge >= 0.3 is 0 Å². The maximum atomic E-state index is 4.73. The average molecular weight is 1700 g/mol. The number of fused-ring (bicyclic) bond motifs is 7. The Kier molecular flexibility index (Phi) is 35.4. The van der Waals surface area contributed by atoms with Crippen LogP contribution in [0.5, 0.6) is 0 Å². The number of aromatic nitrogens is 21. The molecule has 0 spiro atoms. The topological polar surface area (TPSA) is 152 Å². The molecule has 7 aromatic heterocycles. The average Bonchev–Trinajstić information content (AvgIpc) is 1.63. The van der Waals surface area contributed by atoms with Crippen LogP contribution < -0.4 is 32.0 Å². The molecule has 21 rings (SSSR count). The van der Waals surface area contributed by atoms with Crippen molar-refractivity contribution in [3.63, 3.8) is 0 Å². The van der Waals surface area contributed by atoms with Crippen LogP contribution in [-0.4, -0.2) is 68.5 Å². The molecule has 0 radical (unpaired) electrons. The minimum absolute atomic E-state index is 0. The van der Waals surface area contributed by atoms with E-state index in [0.29, 0.717) is 47.0 Å². The lowest BCUT2D eigenvalue weighted by Crippen LogP contribution is -2.43. The number of para-hydroxylation sites is 5. The maximum absolute atomic E-state index is 4.73. The Bertz CT molecular complexity index is 5550. The second kappa shape index (κ2) is 44.6. The third kappa shape index (κ3) is 24.2. The Labute approximate surface area is 755 Å². The van der Waals surface area contributed by atoms with E-state index in [1.807, 2.05) is 119 Å². The molecule has 5 atom stereocenters. The first-order chi connectivity index (χ1) is 57.5. The van der Waals surface area contributed by atoms with Crippen LogP contribution in [0.2, 0.25) is 0 Å². The van der Waals surface area contributed by atoms with Crippen molar-refractivity contribution in [3.8, 4) is 34.1 Å². The van der Waals surface area contributed by atoms with E-state index in [9.17, 15) is 0 Å². The summed E-state index contributed by atoms with van der Waals surface area (Å²) >= 11 is 0. The Morgan fingerprint density at radius 2 is 0.706 bits per heavy atom. The number of nitrogens with zero attached hydrogens (tertiary/aromatic N) is 21. The van der Waals surface area contributed by atoms with Crippen LogP contribution in [0.25, 0.3) is 34.1 Å². The quantitative estimate of drug-likeness (QED) is 0.0872. The zero-order chi connectivity index (χ0) is 82.9. The fourth-order valence-corrected chi connectivity index (χ4v) is 18.4. The molecule has 7 aromatic carbocycles. The first kappa shape index (κ1) is 99.9. The third-order valence-electron chi connectivity index (χ3n) is 24.0. The van der Waals surface area contributed by atoms with Crippen LogP contribution in [0.4, 0.5) is 0 Å². The van der Waals surface area contributed by atoms with Gasteiger partial charge < -0.3 is 44.6 Å². The molecule has 0 amide bonds. The summed E-state index contributed by atoms with van der Waals surface area (Å²) in [6.07, 6.45) is 34.8. The lowest BCUT2D eigenvalue weighted by Gasteiger charge is -2.24. The first-order valence-corrected chi connectivity index (χ1v) is 43.8. The zero-order valence-corrected chi connectivity index (χ0v) is 78.9. The zero-order valence-electron chi connectivity index (χ0n) is 78.9. The van der Waals surface area contributed by atoms with Crippen LogP contribution in [0, 0.1) is 88.0 Å². The predicted molar refractivity (Wildman–Crippen MR) is 507 cm³/mol. The summed E-state index contributed by atoms with van der Waals surface area (Å²) in [4.78, 5) is 0. The smallest absolute Gasteiger partial charge is 0.278 e. The Hall–Kier alpha value is -11.5. The highest BCUT2D eigenvalue weighted by Gasteiger charge is 2.41. The van der Waals surface area contributed by atoms with Crippen molar-refractivity contribution < 1.29 is 32.0 Å². The number of hydrogen-bond acceptors (Lipinski definition) is 7. The highest BCUT2D eigenvalue weighted by molar-refractivity contribution is 5.48.